The number of nitrogens with zero attached hydrogens (tertiary/aromatic N) is 5. The maximum absolute atomic E-state index is 13.0. The Bertz CT molecular complexity index is 658. The van der Waals surface area contributed by atoms with Crippen molar-refractivity contribution < 1.29 is 18.0 Å². The van der Waals surface area contributed by atoms with E-state index in [2.05, 4.69) is 10.2 Å². The van der Waals surface area contributed by atoms with Crippen molar-refractivity contribution in [2.24, 2.45) is 7.05 Å². The minimum absolute atomic E-state index is 0.243. The van der Waals surface area contributed by atoms with E-state index in [0.717, 1.165) is 15.8 Å². The number of alkyl halides is 3. The molecule has 2 heterocycles. The highest BCUT2D eigenvalue weighted by Crippen LogP contribution is 2.31. The second-order valence-electron chi connectivity index (χ2n) is 4.48. The predicted octanol–water partition coefficient (Wildman–Crippen LogP) is 1.93. The van der Waals surface area contributed by atoms with Crippen molar-refractivity contribution in [3.63, 3.8) is 0 Å². The van der Waals surface area contributed by atoms with Crippen LogP contribution in [0.25, 0.3) is 0 Å². The molecular weight excluding hydrogens is 287 g/mol. The Morgan fingerprint density at radius 2 is 2.05 bits per heavy atom. The smallest absolute Gasteiger partial charge is 0.308 e. The number of hydrogen-bond donors (Lipinski definition) is 0. The number of halogens is 3. The van der Waals surface area contributed by atoms with Gasteiger partial charge in [-0.25, -0.2) is 0 Å². The van der Waals surface area contributed by atoms with Crippen LogP contribution < -0.4 is 4.90 Å². The summed E-state index contributed by atoms with van der Waals surface area (Å²) in [6, 6.07) is 0. The van der Waals surface area contributed by atoms with Crippen LogP contribution in [0, 0.1) is 0 Å². The molecule has 1 amide bonds. The molecule has 21 heavy (non-hydrogen) atoms. The molecule has 0 aliphatic heterocycles. The standard InChI is InChI=1S/C12H14F3N5O/c1-4-20-7-9(10(17-20)12(13,14)15)11(21)19(3)8-5-16-18(2)6-8/h5-7H,4H2,1-3H3. The molecule has 114 valence electrons. The summed E-state index contributed by atoms with van der Waals surface area (Å²) in [5.74, 6) is -0.782. The van der Waals surface area contributed by atoms with Gasteiger partial charge in [0.25, 0.3) is 5.91 Å². The number of carbonyl (C=O) groups excluding carboxylic acids is 1. The number of amides is 1. The molecule has 0 saturated carbocycles. The van der Waals surface area contributed by atoms with Gasteiger partial charge in [-0.1, -0.05) is 0 Å². The molecule has 0 bridgehead atoms. The van der Waals surface area contributed by atoms with Crippen LogP contribution in [0.4, 0.5) is 18.9 Å². The lowest BCUT2D eigenvalue weighted by atomic mass is 10.2. The fourth-order valence-electron chi connectivity index (χ4n) is 1.83. The fourth-order valence-corrected chi connectivity index (χ4v) is 1.83. The molecular formula is C12H14F3N5O. The fraction of sp³-hybridized carbons (Fsp3) is 0.417. The topological polar surface area (TPSA) is 56.0 Å². The SMILES string of the molecule is CCn1cc(C(=O)N(C)c2cnn(C)c2)c(C(F)(F)F)n1. The van der Waals surface area contributed by atoms with Gasteiger partial charge in [0.05, 0.1) is 17.4 Å². The van der Waals surface area contributed by atoms with Crippen molar-refractivity contribution in [1.29, 1.82) is 0 Å². The molecule has 0 aromatic carbocycles. The van der Waals surface area contributed by atoms with Gasteiger partial charge in [0.15, 0.2) is 5.69 Å². The van der Waals surface area contributed by atoms with E-state index < -0.39 is 23.3 Å². The lowest BCUT2D eigenvalue weighted by Crippen LogP contribution is -2.27. The summed E-state index contributed by atoms with van der Waals surface area (Å²) >= 11 is 0. The van der Waals surface area contributed by atoms with Gasteiger partial charge in [-0.2, -0.15) is 23.4 Å². The number of carbonyl (C=O) groups is 1. The first-order valence-corrected chi connectivity index (χ1v) is 6.15. The van der Waals surface area contributed by atoms with E-state index in [4.69, 9.17) is 0 Å². The average molecular weight is 301 g/mol. The van der Waals surface area contributed by atoms with Crippen LogP contribution in [0.2, 0.25) is 0 Å². The maximum atomic E-state index is 13.0. The molecule has 0 aliphatic carbocycles. The Labute approximate surface area is 118 Å². The van der Waals surface area contributed by atoms with Gasteiger partial charge in [0, 0.05) is 33.0 Å². The molecule has 2 aromatic rings. The Balaban J connectivity index is 2.41. The Kier molecular flexibility index (Phi) is 3.75. The summed E-state index contributed by atoms with van der Waals surface area (Å²) in [5.41, 5.74) is -1.25. The number of rotatable bonds is 3. The van der Waals surface area contributed by atoms with Gasteiger partial charge < -0.3 is 4.90 Å². The number of anilines is 1. The zero-order chi connectivity index (χ0) is 15.8. The quantitative estimate of drug-likeness (QED) is 0.870. The van der Waals surface area contributed by atoms with Crippen molar-refractivity contribution >= 4 is 11.6 Å². The second-order valence-corrected chi connectivity index (χ2v) is 4.48. The summed E-state index contributed by atoms with van der Waals surface area (Å²) in [7, 11) is 3.04. The lowest BCUT2D eigenvalue weighted by molar-refractivity contribution is -0.141. The van der Waals surface area contributed by atoms with Crippen LogP contribution in [0.5, 0.6) is 0 Å². The Morgan fingerprint density at radius 1 is 1.38 bits per heavy atom. The molecule has 0 saturated heterocycles. The molecule has 0 atom stereocenters. The highest BCUT2D eigenvalue weighted by molar-refractivity contribution is 6.06. The van der Waals surface area contributed by atoms with E-state index in [1.54, 1.807) is 14.0 Å². The highest BCUT2D eigenvalue weighted by Gasteiger charge is 2.39. The van der Waals surface area contributed by atoms with Gasteiger partial charge in [0.1, 0.15) is 0 Å². The zero-order valence-corrected chi connectivity index (χ0v) is 11.7. The molecule has 9 heteroatoms. The third kappa shape index (κ3) is 2.91. The van der Waals surface area contributed by atoms with E-state index in [9.17, 15) is 18.0 Å². The number of hydrogen-bond acceptors (Lipinski definition) is 3. The molecule has 0 spiro atoms. The zero-order valence-electron chi connectivity index (χ0n) is 11.7. The van der Waals surface area contributed by atoms with Crippen molar-refractivity contribution in [2.45, 2.75) is 19.6 Å². The lowest BCUT2D eigenvalue weighted by Gasteiger charge is -2.15. The predicted molar refractivity (Wildman–Crippen MR) is 68.8 cm³/mol. The molecule has 2 rings (SSSR count). The van der Waals surface area contributed by atoms with Crippen LogP contribution in [-0.2, 0) is 19.8 Å². The second kappa shape index (κ2) is 5.23. The molecule has 0 aliphatic rings. The van der Waals surface area contributed by atoms with Crippen molar-refractivity contribution in [3.05, 3.63) is 29.8 Å². The van der Waals surface area contributed by atoms with Gasteiger partial charge in [0.2, 0.25) is 0 Å². The van der Waals surface area contributed by atoms with Crippen molar-refractivity contribution in [3.8, 4) is 0 Å². The summed E-state index contributed by atoms with van der Waals surface area (Å²) in [5, 5.41) is 7.31. The third-order valence-corrected chi connectivity index (χ3v) is 2.97. The largest absolute Gasteiger partial charge is 0.435 e. The van der Waals surface area contributed by atoms with Crippen LogP contribution in [0.15, 0.2) is 18.6 Å². The van der Waals surface area contributed by atoms with Crippen molar-refractivity contribution in [1.82, 2.24) is 19.6 Å². The number of aromatic nitrogens is 4. The van der Waals surface area contributed by atoms with E-state index in [1.807, 2.05) is 0 Å². The minimum Gasteiger partial charge on any atom is -0.308 e. The summed E-state index contributed by atoms with van der Waals surface area (Å²) in [4.78, 5) is 13.4. The molecule has 2 aromatic heterocycles. The summed E-state index contributed by atoms with van der Waals surface area (Å²) in [6.07, 6.45) is -0.635. The average Bonchev–Trinajstić information content (AvgIpc) is 3.02. The molecule has 0 unspecified atom stereocenters. The summed E-state index contributed by atoms with van der Waals surface area (Å²) in [6.45, 7) is 1.89. The first-order chi connectivity index (χ1) is 9.74. The number of aryl methyl sites for hydroxylation is 2. The third-order valence-electron chi connectivity index (χ3n) is 2.97. The van der Waals surface area contributed by atoms with Crippen LogP contribution in [-0.4, -0.2) is 32.5 Å². The molecule has 0 fully saturated rings. The van der Waals surface area contributed by atoms with E-state index in [0.29, 0.717) is 5.69 Å². The first kappa shape index (κ1) is 15.1. The Morgan fingerprint density at radius 3 is 2.52 bits per heavy atom. The van der Waals surface area contributed by atoms with Gasteiger partial charge >= 0.3 is 6.18 Å². The van der Waals surface area contributed by atoms with Gasteiger partial charge in [-0.3, -0.25) is 14.2 Å². The minimum atomic E-state index is -4.68. The highest BCUT2D eigenvalue weighted by atomic mass is 19.4. The van der Waals surface area contributed by atoms with Gasteiger partial charge in [-0.05, 0) is 6.92 Å². The normalized spacial score (nSPS) is 11.7. The summed E-state index contributed by atoms with van der Waals surface area (Å²) < 4.78 is 41.4. The van der Waals surface area contributed by atoms with Crippen LogP contribution >= 0.6 is 0 Å². The van der Waals surface area contributed by atoms with Crippen molar-refractivity contribution in [2.75, 3.05) is 11.9 Å². The first-order valence-electron chi connectivity index (χ1n) is 6.15. The van der Waals surface area contributed by atoms with E-state index >= 15 is 0 Å². The van der Waals surface area contributed by atoms with Crippen LogP contribution in [0.3, 0.4) is 0 Å². The molecule has 6 nitrogen and oxygen atoms in total. The van der Waals surface area contributed by atoms with E-state index in [-0.39, 0.29) is 6.54 Å². The monoisotopic (exact) mass is 301 g/mol. The maximum Gasteiger partial charge on any atom is 0.435 e. The van der Waals surface area contributed by atoms with E-state index in [1.165, 1.54) is 24.1 Å². The molecule has 0 N–H and O–H groups in total. The molecule has 0 radical (unpaired) electrons. The van der Waals surface area contributed by atoms with Crippen LogP contribution in [0.1, 0.15) is 23.0 Å². The Hall–Kier alpha value is -2.32. The van der Waals surface area contributed by atoms with Gasteiger partial charge in [-0.15, -0.1) is 0 Å².